The predicted octanol–water partition coefficient (Wildman–Crippen LogP) is 1.90. The van der Waals surface area contributed by atoms with Gasteiger partial charge in [0.25, 0.3) is 0 Å². The van der Waals surface area contributed by atoms with Gasteiger partial charge in [-0.1, -0.05) is 5.16 Å². The number of nitro groups is 1. The van der Waals surface area contributed by atoms with Gasteiger partial charge in [-0.05, 0) is 24.2 Å². The molecule has 0 radical (unpaired) electrons. The predicted molar refractivity (Wildman–Crippen MR) is 62.7 cm³/mol. The molecule has 0 saturated heterocycles. The number of rotatable bonds is 2. The van der Waals surface area contributed by atoms with Gasteiger partial charge >= 0.3 is 5.82 Å². The van der Waals surface area contributed by atoms with Crippen molar-refractivity contribution in [2.24, 2.45) is 17.0 Å². The molecule has 0 aromatic carbocycles. The van der Waals surface area contributed by atoms with Crippen molar-refractivity contribution in [3.63, 3.8) is 0 Å². The van der Waals surface area contributed by atoms with E-state index < -0.39 is 4.92 Å². The third-order valence-electron chi connectivity index (χ3n) is 4.18. The summed E-state index contributed by atoms with van der Waals surface area (Å²) in [5.74, 6) is 1.17. The van der Waals surface area contributed by atoms with E-state index in [0.717, 1.165) is 19.3 Å². The second kappa shape index (κ2) is 3.79. The molecule has 7 nitrogen and oxygen atoms in total. The molecule has 3 rings (SSSR count). The maximum Gasteiger partial charge on any atom is 0.343 e. The maximum absolute atomic E-state index is 11.0. The van der Waals surface area contributed by atoms with E-state index in [1.54, 1.807) is 11.5 Å². The van der Waals surface area contributed by atoms with E-state index in [1.807, 2.05) is 0 Å². The fourth-order valence-corrected chi connectivity index (χ4v) is 3.46. The third kappa shape index (κ3) is 1.36. The van der Waals surface area contributed by atoms with Gasteiger partial charge in [-0.25, -0.2) is 9.55 Å². The largest absolute Gasteiger partial charge is 0.411 e. The molecule has 0 unspecified atom stereocenters. The van der Waals surface area contributed by atoms with E-state index in [9.17, 15) is 10.1 Å². The maximum atomic E-state index is 11.0. The van der Waals surface area contributed by atoms with Crippen LogP contribution in [-0.2, 0) is 0 Å². The highest BCUT2D eigenvalue weighted by atomic mass is 16.6. The summed E-state index contributed by atoms with van der Waals surface area (Å²) < 4.78 is 1.61. The highest BCUT2D eigenvalue weighted by Crippen LogP contribution is 2.50. The first kappa shape index (κ1) is 11.2. The molecule has 1 heterocycles. The second-order valence-corrected chi connectivity index (χ2v) is 5.03. The van der Waals surface area contributed by atoms with E-state index in [-0.39, 0.29) is 17.8 Å². The topological polar surface area (TPSA) is 93.5 Å². The van der Waals surface area contributed by atoms with E-state index >= 15 is 0 Å². The summed E-state index contributed by atoms with van der Waals surface area (Å²) in [7, 11) is 0. The van der Waals surface area contributed by atoms with E-state index in [2.05, 4.69) is 10.1 Å². The zero-order valence-electron chi connectivity index (χ0n) is 9.98. The van der Waals surface area contributed by atoms with Crippen LogP contribution in [0.3, 0.4) is 0 Å². The SMILES string of the molecule is Cc1ncc([N+](=O)[O-])n1[C@@H]1/C(=N\O)[C@H]2CC[C@@H]1C2. The van der Waals surface area contributed by atoms with E-state index in [0.29, 0.717) is 17.5 Å². The molecule has 1 aromatic rings. The molecule has 7 heteroatoms. The number of oxime groups is 1. The highest BCUT2D eigenvalue weighted by molar-refractivity contribution is 5.93. The van der Waals surface area contributed by atoms with Crippen molar-refractivity contribution in [1.29, 1.82) is 0 Å². The summed E-state index contributed by atoms with van der Waals surface area (Å²) >= 11 is 0. The summed E-state index contributed by atoms with van der Waals surface area (Å²) in [6.45, 7) is 1.74. The molecule has 0 aliphatic heterocycles. The Hall–Kier alpha value is -1.92. The normalized spacial score (nSPS) is 32.3. The first-order chi connectivity index (χ1) is 8.63. The lowest BCUT2D eigenvalue weighted by Gasteiger charge is -2.21. The van der Waals surface area contributed by atoms with Crippen LogP contribution in [0.1, 0.15) is 31.1 Å². The van der Waals surface area contributed by atoms with Crippen LogP contribution in [0.25, 0.3) is 0 Å². The van der Waals surface area contributed by atoms with Crippen LogP contribution in [0.5, 0.6) is 0 Å². The minimum atomic E-state index is -0.430. The zero-order chi connectivity index (χ0) is 12.9. The van der Waals surface area contributed by atoms with Crippen LogP contribution >= 0.6 is 0 Å². The number of nitrogens with zero attached hydrogens (tertiary/aromatic N) is 4. The lowest BCUT2D eigenvalue weighted by molar-refractivity contribution is -0.392. The highest BCUT2D eigenvalue weighted by Gasteiger charge is 2.50. The average molecular weight is 250 g/mol. The summed E-state index contributed by atoms with van der Waals surface area (Å²) in [4.78, 5) is 14.6. The standard InChI is InChI=1S/C11H14N4O3/c1-6-12-5-9(15(17)18)14(6)11-8-3-2-7(4-8)10(11)13-16/h5,7-8,11,16H,2-4H2,1H3/b13-10-/t7-,8+,11-/m0/s1. The molecule has 1 N–H and O–H groups in total. The lowest BCUT2D eigenvalue weighted by Crippen LogP contribution is -2.27. The fraction of sp³-hybridized carbons (Fsp3) is 0.636. The number of aryl methyl sites for hydroxylation is 1. The van der Waals surface area contributed by atoms with Crippen LogP contribution < -0.4 is 0 Å². The third-order valence-corrected chi connectivity index (χ3v) is 4.18. The van der Waals surface area contributed by atoms with Crippen molar-refractivity contribution in [1.82, 2.24) is 9.55 Å². The molecule has 1 aromatic heterocycles. The summed E-state index contributed by atoms with van der Waals surface area (Å²) in [6.07, 6.45) is 4.28. The van der Waals surface area contributed by atoms with Gasteiger partial charge in [-0.3, -0.25) is 0 Å². The zero-order valence-corrected chi connectivity index (χ0v) is 9.98. The summed E-state index contributed by atoms with van der Waals surface area (Å²) in [5.41, 5.74) is 0.676. The molecule has 2 bridgehead atoms. The molecule has 96 valence electrons. The summed E-state index contributed by atoms with van der Waals surface area (Å²) in [5, 5.41) is 23.6. The Morgan fingerprint density at radius 2 is 2.39 bits per heavy atom. The Labute approximate surface area is 103 Å². The summed E-state index contributed by atoms with van der Waals surface area (Å²) in [6, 6.07) is -0.198. The van der Waals surface area contributed by atoms with Crippen LogP contribution in [0.15, 0.2) is 11.4 Å². The van der Waals surface area contributed by atoms with Gasteiger partial charge in [0.2, 0.25) is 0 Å². The van der Waals surface area contributed by atoms with Gasteiger partial charge in [-0.15, -0.1) is 0 Å². The Kier molecular flexibility index (Phi) is 2.36. The van der Waals surface area contributed by atoms with Crippen LogP contribution in [0.4, 0.5) is 5.82 Å². The molecule has 0 amide bonds. The molecule has 2 fully saturated rings. The van der Waals surface area contributed by atoms with Crippen molar-refractivity contribution < 1.29 is 10.1 Å². The number of aromatic nitrogens is 2. The Morgan fingerprint density at radius 1 is 1.61 bits per heavy atom. The first-order valence-corrected chi connectivity index (χ1v) is 6.03. The molecular weight excluding hydrogens is 236 g/mol. The minimum Gasteiger partial charge on any atom is -0.411 e. The van der Waals surface area contributed by atoms with E-state index in [4.69, 9.17) is 5.21 Å². The van der Waals surface area contributed by atoms with Crippen molar-refractivity contribution in [3.8, 4) is 0 Å². The van der Waals surface area contributed by atoms with Crippen LogP contribution in [0, 0.1) is 28.9 Å². The second-order valence-electron chi connectivity index (χ2n) is 5.03. The molecule has 2 aliphatic carbocycles. The molecule has 18 heavy (non-hydrogen) atoms. The van der Waals surface area contributed by atoms with Crippen molar-refractivity contribution in [3.05, 3.63) is 22.1 Å². The van der Waals surface area contributed by atoms with Crippen LogP contribution in [0.2, 0.25) is 0 Å². The fourth-order valence-electron chi connectivity index (χ4n) is 3.46. The molecule has 2 saturated carbocycles. The van der Waals surface area contributed by atoms with Crippen LogP contribution in [-0.4, -0.2) is 25.4 Å². The van der Waals surface area contributed by atoms with Gasteiger partial charge in [0.1, 0.15) is 18.0 Å². The molecule has 0 spiro atoms. The quantitative estimate of drug-likeness (QED) is 0.492. The van der Waals surface area contributed by atoms with Gasteiger partial charge in [-0.2, -0.15) is 0 Å². The lowest BCUT2D eigenvalue weighted by atomic mass is 9.93. The number of hydrogen-bond acceptors (Lipinski definition) is 5. The number of fused-ring (bicyclic) bond motifs is 2. The van der Waals surface area contributed by atoms with Gasteiger partial charge in [0, 0.05) is 18.8 Å². The molecule has 3 atom stereocenters. The van der Waals surface area contributed by atoms with Gasteiger partial charge in [0.05, 0.1) is 0 Å². The van der Waals surface area contributed by atoms with Crippen molar-refractivity contribution in [2.45, 2.75) is 32.2 Å². The smallest absolute Gasteiger partial charge is 0.343 e. The minimum absolute atomic E-state index is 0.0220. The van der Waals surface area contributed by atoms with E-state index in [1.165, 1.54) is 6.20 Å². The molecule has 2 aliphatic rings. The first-order valence-electron chi connectivity index (χ1n) is 6.03. The number of imidazole rings is 1. The Balaban J connectivity index is 2.10. The van der Waals surface area contributed by atoms with Crippen molar-refractivity contribution in [2.75, 3.05) is 0 Å². The average Bonchev–Trinajstić information content (AvgIpc) is 3.00. The Morgan fingerprint density at radius 3 is 3.06 bits per heavy atom. The molecular formula is C11H14N4O3. The van der Waals surface area contributed by atoms with Gasteiger partial charge < -0.3 is 15.3 Å². The van der Waals surface area contributed by atoms with Gasteiger partial charge in [0.15, 0.2) is 5.82 Å². The number of hydrogen-bond donors (Lipinski definition) is 1. The van der Waals surface area contributed by atoms with Crippen molar-refractivity contribution >= 4 is 11.5 Å². The Bertz CT molecular complexity index is 536. The monoisotopic (exact) mass is 250 g/mol.